The third-order valence-corrected chi connectivity index (χ3v) is 5.27. The second-order valence-electron chi connectivity index (χ2n) is 5.15. The molecule has 0 spiro atoms. The monoisotopic (exact) mass is 362 g/mol. The van der Waals surface area contributed by atoms with E-state index in [1.807, 2.05) is 48.5 Å². The number of benzene rings is 2. The first-order valence-corrected chi connectivity index (χ1v) is 8.78. The highest BCUT2D eigenvalue weighted by Crippen LogP contribution is 2.34. The van der Waals surface area contributed by atoms with Crippen LogP contribution in [0, 0.1) is 0 Å². The Kier molecular flexibility index (Phi) is 3.93. The third kappa shape index (κ3) is 2.80. The van der Waals surface area contributed by atoms with Gasteiger partial charge in [0.15, 0.2) is 11.0 Å². The maximum absolute atomic E-state index is 6.31. The van der Waals surface area contributed by atoms with Crippen molar-refractivity contribution in [2.24, 2.45) is 0 Å². The second-order valence-corrected chi connectivity index (χ2v) is 6.90. The van der Waals surface area contributed by atoms with E-state index in [0.29, 0.717) is 11.7 Å². The van der Waals surface area contributed by atoms with E-state index in [4.69, 9.17) is 23.2 Å². The van der Waals surface area contributed by atoms with Crippen LogP contribution in [0.3, 0.4) is 0 Å². The van der Waals surface area contributed by atoms with Crippen LogP contribution in [0.5, 0.6) is 0 Å². The lowest BCUT2D eigenvalue weighted by Gasteiger charge is -2.29. The van der Waals surface area contributed by atoms with Crippen LogP contribution in [0.2, 0.25) is 10.0 Å². The van der Waals surface area contributed by atoms with Crippen LogP contribution in [-0.4, -0.2) is 20.6 Å². The molecular formula is C16H12Cl2N4S. The molecule has 7 heteroatoms. The first-order valence-electron chi connectivity index (χ1n) is 7.04. The second kappa shape index (κ2) is 6.07. The summed E-state index contributed by atoms with van der Waals surface area (Å²) in [6.45, 7) is 0.678. The van der Waals surface area contributed by atoms with Crippen molar-refractivity contribution < 1.29 is 0 Å². The fourth-order valence-corrected chi connectivity index (χ4v) is 3.77. The summed E-state index contributed by atoms with van der Waals surface area (Å²) in [5.41, 5.74) is 2.01. The number of hydrogen-bond donors (Lipinski definition) is 0. The van der Waals surface area contributed by atoms with Crippen molar-refractivity contribution in [3.63, 3.8) is 0 Å². The summed E-state index contributed by atoms with van der Waals surface area (Å²) in [5, 5.41) is 10.9. The Morgan fingerprint density at radius 1 is 0.957 bits per heavy atom. The van der Waals surface area contributed by atoms with E-state index >= 15 is 0 Å². The molecule has 0 bridgehead atoms. The van der Waals surface area contributed by atoms with Gasteiger partial charge in [0, 0.05) is 16.3 Å². The van der Waals surface area contributed by atoms with Crippen molar-refractivity contribution in [3.8, 4) is 11.4 Å². The van der Waals surface area contributed by atoms with Crippen molar-refractivity contribution in [2.75, 3.05) is 10.8 Å². The SMILES string of the molecule is Clc1ccc(N2CSc3nnc(-c4ccccc4Cl)n3C2)cc1. The molecular weight excluding hydrogens is 351 g/mol. The van der Waals surface area contributed by atoms with Crippen LogP contribution in [-0.2, 0) is 6.67 Å². The number of fused-ring (bicyclic) bond motifs is 1. The maximum Gasteiger partial charge on any atom is 0.194 e. The summed E-state index contributed by atoms with van der Waals surface area (Å²) in [5.74, 6) is 1.61. The Bertz CT molecular complexity index is 848. The lowest BCUT2D eigenvalue weighted by molar-refractivity contribution is 0.608. The van der Waals surface area contributed by atoms with Crippen LogP contribution < -0.4 is 4.90 Å². The number of aromatic nitrogens is 3. The average molecular weight is 363 g/mol. The molecule has 0 saturated heterocycles. The smallest absolute Gasteiger partial charge is 0.194 e. The molecule has 0 saturated carbocycles. The number of thioether (sulfide) groups is 1. The van der Waals surface area contributed by atoms with Gasteiger partial charge in [0.05, 0.1) is 17.6 Å². The summed E-state index contributed by atoms with van der Waals surface area (Å²) in [4.78, 5) is 2.25. The predicted molar refractivity (Wildman–Crippen MR) is 95.1 cm³/mol. The molecule has 2 heterocycles. The summed E-state index contributed by atoms with van der Waals surface area (Å²) in [6, 6.07) is 15.5. The molecule has 1 aliphatic heterocycles. The van der Waals surface area contributed by atoms with E-state index < -0.39 is 0 Å². The minimum atomic E-state index is 0.677. The quantitative estimate of drug-likeness (QED) is 0.656. The highest BCUT2D eigenvalue weighted by atomic mass is 35.5. The standard InChI is InChI=1S/C16H12Cl2N4S/c17-11-5-7-12(8-6-11)21-9-22-15(19-20-16(22)23-10-21)13-3-1-2-4-14(13)18/h1-8H,9-10H2. The molecule has 0 fully saturated rings. The summed E-state index contributed by atoms with van der Waals surface area (Å²) < 4.78 is 2.09. The van der Waals surface area contributed by atoms with Gasteiger partial charge in [-0.25, -0.2) is 0 Å². The van der Waals surface area contributed by atoms with Crippen LogP contribution in [0.4, 0.5) is 5.69 Å². The molecule has 2 aromatic carbocycles. The van der Waals surface area contributed by atoms with Gasteiger partial charge in [-0.2, -0.15) is 0 Å². The molecule has 1 aliphatic rings. The molecule has 0 atom stereocenters. The van der Waals surface area contributed by atoms with Gasteiger partial charge in [0.1, 0.15) is 0 Å². The van der Waals surface area contributed by atoms with Crippen LogP contribution in [0.25, 0.3) is 11.4 Å². The number of rotatable bonds is 2. The fourth-order valence-electron chi connectivity index (χ4n) is 2.52. The van der Waals surface area contributed by atoms with E-state index in [0.717, 1.165) is 33.1 Å². The Balaban J connectivity index is 1.70. The summed E-state index contributed by atoms with van der Waals surface area (Å²) in [6.07, 6.45) is 0. The lowest BCUT2D eigenvalue weighted by Crippen LogP contribution is -2.30. The van der Waals surface area contributed by atoms with Gasteiger partial charge in [-0.1, -0.05) is 47.1 Å². The minimum Gasteiger partial charge on any atom is -0.344 e. The maximum atomic E-state index is 6.31. The van der Waals surface area contributed by atoms with Crippen LogP contribution in [0.15, 0.2) is 53.7 Å². The largest absolute Gasteiger partial charge is 0.344 e. The molecule has 4 nitrogen and oxygen atoms in total. The van der Waals surface area contributed by atoms with Crippen molar-refractivity contribution in [1.82, 2.24) is 14.8 Å². The molecule has 0 radical (unpaired) electrons. The topological polar surface area (TPSA) is 34.0 Å². The Hall–Kier alpha value is -1.69. The summed E-state index contributed by atoms with van der Waals surface area (Å²) >= 11 is 13.9. The molecule has 0 N–H and O–H groups in total. The third-order valence-electron chi connectivity index (χ3n) is 3.68. The van der Waals surface area contributed by atoms with Gasteiger partial charge in [-0.15, -0.1) is 10.2 Å². The van der Waals surface area contributed by atoms with Gasteiger partial charge in [-0.3, -0.25) is 4.57 Å². The zero-order chi connectivity index (χ0) is 15.8. The van der Waals surface area contributed by atoms with Crippen LogP contribution >= 0.6 is 35.0 Å². The summed E-state index contributed by atoms with van der Waals surface area (Å²) in [7, 11) is 0. The number of nitrogens with zero attached hydrogens (tertiary/aromatic N) is 4. The Morgan fingerprint density at radius 3 is 2.52 bits per heavy atom. The van der Waals surface area contributed by atoms with Crippen molar-refractivity contribution in [2.45, 2.75) is 11.8 Å². The van der Waals surface area contributed by atoms with Gasteiger partial charge in [-0.05, 0) is 36.4 Å². The molecule has 4 rings (SSSR count). The van der Waals surface area contributed by atoms with Gasteiger partial charge in [0.2, 0.25) is 0 Å². The Morgan fingerprint density at radius 2 is 1.74 bits per heavy atom. The highest BCUT2D eigenvalue weighted by Gasteiger charge is 2.23. The fraction of sp³-hybridized carbons (Fsp3) is 0.125. The van der Waals surface area contributed by atoms with Gasteiger partial charge in [0.25, 0.3) is 0 Å². The molecule has 0 aliphatic carbocycles. The molecule has 0 amide bonds. The van der Waals surface area contributed by atoms with E-state index in [1.165, 1.54) is 0 Å². The number of anilines is 1. The zero-order valence-electron chi connectivity index (χ0n) is 12.0. The van der Waals surface area contributed by atoms with E-state index in [9.17, 15) is 0 Å². The number of hydrogen-bond acceptors (Lipinski definition) is 4. The zero-order valence-corrected chi connectivity index (χ0v) is 14.3. The minimum absolute atomic E-state index is 0.677. The van der Waals surface area contributed by atoms with E-state index in [1.54, 1.807) is 11.8 Å². The van der Waals surface area contributed by atoms with E-state index in [2.05, 4.69) is 19.7 Å². The van der Waals surface area contributed by atoms with Crippen molar-refractivity contribution >= 4 is 40.7 Å². The molecule has 23 heavy (non-hydrogen) atoms. The van der Waals surface area contributed by atoms with Gasteiger partial charge < -0.3 is 4.90 Å². The Labute approximate surface area is 148 Å². The molecule has 3 aromatic rings. The van der Waals surface area contributed by atoms with Crippen molar-refractivity contribution in [3.05, 3.63) is 58.6 Å². The normalized spacial score (nSPS) is 13.9. The first kappa shape index (κ1) is 14.9. The molecule has 116 valence electrons. The average Bonchev–Trinajstić information content (AvgIpc) is 2.99. The molecule has 0 unspecified atom stereocenters. The number of halogens is 2. The first-order chi connectivity index (χ1) is 11.2. The highest BCUT2D eigenvalue weighted by molar-refractivity contribution is 7.99. The van der Waals surface area contributed by atoms with E-state index in [-0.39, 0.29) is 0 Å². The van der Waals surface area contributed by atoms with Crippen molar-refractivity contribution in [1.29, 1.82) is 0 Å². The lowest BCUT2D eigenvalue weighted by atomic mass is 10.2. The predicted octanol–water partition coefficient (Wildman–Crippen LogP) is 4.78. The molecule has 1 aromatic heterocycles. The van der Waals surface area contributed by atoms with Crippen LogP contribution in [0.1, 0.15) is 0 Å². The van der Waals surface area contributed by atoms with Gasteiger partial charge >= 0.3 is 0 Å².